The summed E-state index contributed by atoms with van der Waals surface area (Å²) in [4.78, 5) is 26.5. The topological polar surface area (TPSA) is 59.2 Å². The summed E-state index contributed by atoms with van der Waals surface area (Å²) in [5.74, 6) is -0.308. The van der Waals surface area contributed by atoms with Crippen molar-refractivity contribution in [3.8, 4) is 0 Å². The second-order valence-electron chi connectivity index (χ2n) is 6.38. The quantitative estimate of drug-likeness (QED) is 0.270. The van der Waals surface area contributed by atoms with Crippen molar-refractivity contribution in [2.24, 2.45) is 0 Å². The first-order valence-corrected chi connectivity index (χ1v) is 9.57. The van der Waals surface area contributed by atoms with Crippen LogP contribution in [0.5, 0.6) is 0 Å². The number of aromatic amines is 1. The number of esters is 1. The lowest BCUT2D eigenvalue weighted by molar-refractivity contribution is 0.0520. The minimum atomic E-state index is -0.407. The minimum Gasteiger partial charge on any atom is -0.461 e. The number of hydrogen-bond acceptors (Lipinski definition) is 3. The average molecular weight is 335 g/mol. The molecule has 24 heavy (non-hydrogen) atoms. The van der Waals surface area contributed by atoms with Gasteiger partial charge in [-0.15, -0.1) is 0 Å². The summed E-state index contributed by atoms with van der Waals surface area (Å²) in [5, 5.41) is 0. The van der Waals surface area contributed by atoms with Gasteiger partial charge in [0.1, 0.15) is 5.69 Å². The molecule has 0 spiro atoms. The minimum absolute atomic E-state index is 0.0985. The second kappa shape index (κ2) is 12.8. The summed E-state index contributed by atoms with van der Waals surface area (Å²) in [6, 6.07) is 1.59. The van der Waals surface area contributed by atoms with Gasteiger partial charge in [-0.05, 0) is 19.4 Å². The number of nitrogens with one attached hydrogen (secondary N) is 1. The largest absolute Gasteiger partial charge is 0.461 e. The van der Waals surface area contributed by atoms with Crippen molar-refractivity contribution in [2.45, 2.75) is 84.5 Å². The molecule has 0 radical (unpaired) electrons. The number of ketones is 1. The third-order valence-electron chi connectivity index (χ3n) is 4.26. The van der Waals surface area contributed by atoms with E-state index in [1.165, 1.54) is 51.4 Å². The molecule has 0 amide bonds. The molecule has 0 saturated carbocycles. The summed E-state index contributed by atoms with van der Waals surface area (Å²) >= 11 is 0. The number of Topliss-reactive ketones (excluding diaryl/α,β-unsaturated/α-hetero) is 1. The molecule has 0 aliphatic heterocycles. The maximum atomic E-state index is 12.1. The molecule has 0 fully saturated rings. The fraction of sp³-hybridized carbons (Fsp3) is 0.700. The van der Waals surface area contributed by atoms with Crippen LogP contribution in [-0.2, 0) is 4.74 Å². The molecule has 4 heteroatoms. The fourth-order valence-corrected chi connectivity index (χ4v) is 2.80. The molecule has 1 N–H and O–H groups in total. The number of ether oxygens (including phenoxy) is 1. The van der Waals surface area contributed by atoms with Crippen molar-refractivity contribution in [2.75, 3.05) is 6.61 Å². The van der Waals surface area contributed by atoms with E-state index >= 15 is 0 Å². The molecule has 1 aromatic heterocycles. The molecule has 1 aromatic rings. The molecule has 0 atom stereocenters. The van der Waals surface area contributed by atoms with Crippen molar-refractivity contribution in [3.05, 3.63) is 23.5 Å². The molecule has 0 bridgehead atoms. The first-order chi connectivity index (χ1) is 11.7. The molecule has 136 valence electrons. The van der Waals surface area contributed by atoms with Gasteiger partial charge >= 0.3 is 5.97 Å². The van der Waals surface area contributed by atoms with E-state index in [2.05, 4.69) is 11.9 Å². The number of H-pyrrole nitrogens is 1. The highest BCUT2D eigenvalue weighted by molar-refractivity contribution is 5.98. The molecular weight excluding hydrogens is 302 g/mol. The molecular formula is C20H33NO3. The smallest absolute Gasteiger partial charge is 0.354 e. The number of unbranched alkanes of at least 4 members (excludes halogenated alkanes) is 9. The first kappa shape index (κ1) is 20.5. The van der Waals surface area contributed by atoms with Gasteiger partial charge in [0.25, 0.3) is 0 Å². The highest BCUT2D eigenvalue weighted by Crippen LogP contribution is 2.14. The van der Waals surface area contributed by atoms with Crippen molar-refractivity contribution < 1.29 is 14.3 Å². The van der Waals surface area contributed by atoms with Crippen LogP contribution in [-0.4, -0.2) is 23.3 Å². The Morgan fingerprint density at radius 3 is 2.08 bits per heavy atom. The van der Waals surface area contributed by atoms with Gasteiger partial charge in [0.2, 0.25) is 0 Å². The Morgan fingerprint density at radius 1 is 0.917 bits per heavy atom. The molecule has 0 saturated heterocycles. The van der Waals surface area contributed by atoms with E-state index in [1.54, 1.807) is 19.2 Å². The van der Waals surface area contributed by atoms with E-state index in [1.807, 2.05) is 0 Å². The van der Waals surface area contributed by atoms with Crippen molar-refractivity contribution in [1.82, 2.24) is 4.98 Å². The van der Waals surface area contributed by atoms with E-state index in [4.69, 9.17) is 4.74 Å². The monoisotopic (exact) mass is 335 g/mol. The number of hydrogen-bond donors (Lipinski definition) is 1. The number of rotatable bonds is 14. The highest BCUT2D eigenvalue weighted by Gasteiger charge is 2.13. The molecule has 0 aliphatic carbocycles. The molecule has 4 nitrogen and oxygen atoms in total. The Labute approximate surface area is 146 Å². The van der Waals surface area contributed by atoms with Crippen molar-refractivity contribution in [1.29, 1.82) is 0 Å². The number of carbonyl (C=O) groups excluding carboxylic acids is 2. The summed E-state index contributed by atoms with van der Waals surface area (Å²) < 4.78 is 4.91. The Hall–Kier alpha value is -1.58. The van der Waals surface area contributed by atoms with E-state index in [9.17, 15) is 9.59 Å². The van der Waals surface area contributed by atoms with Gasteiger partial charge in [-0.1, -0.05) is 64.7 Å². The lowest BCUT2D eigenvalue weighted by atomic mass is 10.0. The summed E-state index contributed by atoms with van der Waals surface area (Å²) in [7, 11) is 0. The third-order valence-corrected chi connectivity index (χ3v) is 4.26. The summed E-state index contributed by atoms with van der Waals surface area (Å²) in [6.45, 7) is 4.34. The second-order valence-corrected chi connectivity index (χ2v) is 6.38. The zero-order valence-corrected chi connectivity index (χ0v) is 15.4. The highest BCUT2D eigenvalue weighted by atomic mass is 16.5. The van der Waals surface area contributed by atoms with Gasteiger partial charge in [0.05, 0.1) is 6.61 Å². The zero-order chi connectivity index (χ0) is 17.6. The molecule has 0 aromatic carbocycles. The van der Waals surface area contributed by atoms with E-state index < -0.39 is 5.97 Å². The maximum absolute atomic E-state index is 12.1. The number of carbonyl (C=O) groups is 2. The summed E-state index contributed by atoms with van der Waals surface area (Å²) in [5.41, 5.74) is 0.928. The molecule has 1 rings (SSSR count). The van der Waals surface area contributed by atoms with Crippen LogP contribution in [0.1, 0.15) is 105 Å². The normalized spacial score (nSPS) is 10.8. The standard InChI is InChI=1S/C20H33NO3/c1-3-5-6-7-8-9-10-11-12-13-14-19(22)17-15-18(21-16-17)20(23)24-4-2/h15-16,21H,3-14H2,1-2H3. The third kappa shape index (κ3) is 8.32. The van der Waals surface area contributed by atoms with Gasteiger partial charge in [-0.2, -0.15) is 0 Å². The predicted octanol–water partition coefficient (Wildman–Crippen LogP) is 5.69. The van der Waals surface area contributed by atoms with Gasteiger partial charge in [-0.3, -0.25) is 4.79 Å². The Kier molecular flexibility index (Phi) is 10.9. The lowest BCUT2D eigenvalue weighted by Crippen LogP contribution is -2.04. The van der Waals surface area contributed by atoms with Gasteiger partial charge in [-0.25, -0.2) is 4.79 Å². The van der Waals surface area contributed by atoms with Gasteiger partial charge in [0.15, 0.2) is 5.78 Å². The van der Waals surface area contributed by atoms with Crippen LogP contribution < -0.4 is 0 Å². The van der Waals surface area contributed by atoms with Crippen molar-refractivity contribution in [3.63, 3.8) is 0 Å². The predicted molar refractivity (Wildman–Crippen MR) is 97.5 cm³/mol. The Bertz CT molecular complexity index is 479. The number of aromatic nitrogens is 1. The van der Waals surface area contributed by atoms with Crippen LogP contribution in [0.3, 0.4) is 0 Å². The van der Waals surface area contributed by atoms with E-state index in [-0.39, 0.29) is 5.78 Å². The van der Waals surface area contributed by atoms with Crippen LogP contribution in [0.2, 0.25) is 0 Å². The van der Waals surface area contributed by atoms with Gasteiger partial charge in [0, 0.05) is 18.2 Å². The maximum Gasteiger partial charge on any atom is 0.354 e. The van der Waals surface area contributed by atoms with E-state index in [0.29, 0.717) is 24.3 Å². The van der Waals surface area contributed by atoms with Crippen LogP contribution in [0, 0.1) is 0 Å². The van der Waals surface area contributed by atoms with Crippen LogP contribution in [0.4, 0.5) is 0 Å². The lowest BCUT2D eigenvalue weighted by Gasteiger charge is -2.02. The van der Waals surface area contributed by atoms with Crippen LogP contribution in [0.25, 0.3) is 0 Å². The fourth-order valence-electron chi connectivity index (χ4n) is 2.80. The molecule has 1 heterocycles. The first-order valence-electron chi connectivity index (χ1n) is 9.57. The summed E-state index contributed by atoms with van der Waals surface area (Å²) in [6.07, 6.45) is 14.7. The Balaban J connectivity index is 2.09. The SMILES string of the molecule is CCCCCCCCCCCCC(=O)c1c[nH]c(C(=O)OCC)c1. The van der Waals surface area contributed by atoms with Crippen molar-refractivity contribution >= 4 is 11.8 Å². The zero-order valence-electron chi connectivity index (χ0n) is 15.4. The van der Waals surface area contributed by atoms with Crippen LogP contribution >= 0.6 is 0 Å². The van der Waals surface area contributed by atoms with Gasteiger partial charge < -0.3 is 9.72 Å². The molecule has 0 aliphatic rings. The Morgan fingerprint density at radius 2 is 1.50 bits per heavy atom. The van der Waals surface area contributed by atoms with Crippen LogP contribution in [0.15, 0.2) is 12.3 Å². The average Bonchev–Trinajstić information content (AvgIpc) is 3.07. The molecule has 0 unspecified atom stereocenters. The van der Waals surface area contributed by atoms with E-state index in [0.717, 1.165) is 12.8 Å².